The van der Waals surface area contributed by atoms with Crippen LogP contribution < -0.4 is 11.5 Å². The predicted octanol–water partition coefficient (Wildman–Crippen LogP) is 1.86. The largest absolute Gasteiger partial charge is 0.399 e. The van der Waals surface area contributed by atoms with Crippen molar-refractivity contribution in [3.63, 3.8) is 0 Å². The van der Waals surface area contributed by atoms with Crippen molar-refractivity contribution in [2.24, 2.45) is 7.05 Å². The van der Waals surface area contributed by atoms with Gasteiger partial charge in [-0.3, -0.25) is 0 Å². The summed E-state index contributed by atoms with van der Waals surface area (Å²) in [7, 11) is 1.93. The number of nitrogens with two attached hydrogens (primary N) is 2. The number of nitrogen functional groups attached to an aromatic ring is 2. The smallest absolute Gasteiger partial charge is 0.111 e. The van der Waals surface area contributed by atoms with Crippen molar-refractivity contribution in [1.29, 1.82) is 0 Å². The van der Waals surface area contributed by atoms with Crippen molar-refractivity contribution in [2.75, 3.05) is 11.5 Å². The fraction of sp³-hybridized carbons (Fsp3) is 0.0909. The first-order valence-electron chi connectivity index (χ1n) is 4.45. The lowest BCUT2D eigenvalue weighted by molar-refractivity contribution is 0.942. The topological polar surface area (TPSA) is 57.0 Å². The van der Waals surface area contributed by atoms with Crippen LogP contribution in [0.4, 0.5) is 11.5 Å². The fourth-order valence-corrected chi connectivity index (χ4v) is 1.45. The summed E-state index contributed by atoms with van der Waals surface area (Å²) >= 11 is 0. The van der Waals surface area contributed by atoms with Crippen molar-refractivity contribution in [1.82, 2.24) is 4.57 Å². The predicted molar refractivity (Wildman–Crippen MR) is 59.7 cm³/mol. The Labute approximate surface area is 83.0 Å². The van der Waals surface area contributed by atoms with Gasteiger partial charge in [0.25, 0.3) is 0 Å². The summed E-state index contributed by atoms with van der Waals surface area (Å²) in [4.78, 5) is 0. The number of rotatable bonds is 1. The molecule has 0 radical (unpaired) electrons. The molecule has 3 heteroatoms. The summed E-state index contributed by atoms with van der Waals surface area (Å²) < 4.78 is 1.89. The maximum Gasteiger partial charge on any atom is 0.111 e. The Kier molecular flexibility index (Phi) is 1.93. The summed E-state index contributed by atoms with van der Waals surface area (Å²) in [5.41, 5.74) is 14.4. The van der Waals surface area contributed by atoms with Crippen molar-refractivity contribution in [3.05, 3.63) is 36.5 Å². The maximum absolute atomic E-state index is 5.90. The average molecular weight is 187 g/mol. The molecule has 2 rings (SSSR count). The first kappa shape index (κ1) is 8.69. The number of hydrogen-bond acceptors (Lipinski definition) is 2. The van der Waals surface area contributed by atoms with E-state index in [2.05, 4.69) is 0 Å². The van der Waals surface area contributed by atoms with Gasteiger partial charge in [-0.25, -0.2) is 0 Å². The summed E-state index contributed by atoms with van der Waals surface area (Å²) in [6, 6.07) is 9.70. The molecule has 14 heavy (non-hydrogen) atoms. The van der Waals surface area contributed by atoms with E-state index >= 15 is 0 Å². The van der Waals surface area contributed by atoms with Gasteiger partial charge in [-0.2, -0.15) is 0 Å². The highest BCUT2D eigenvalue weighted by atomic mass is 15.0. The van der Waals surface area contributed by atoms with Gasteiger partial charge in [0.2, 0.25) is 0 Å². The molecule has 0 atom stereocenters. The molecule has 0 aliphatic heterocycles. The highest BCUT2D eigenvalue weighted by Crippen LogP contribution is 2.26. The number of aryl methyl sites for hydroxylation is 1. The van der Waals surface area contributed by atoms with E-state index in [4.69, 9.17) is 11.5 Å². The summed E-state index contributed by atoms with van der Waals surface area (Å²) in [6.45, 7) is 0. The van der Waals surface area contributed by atoms with Crippen molar-refractivity contribution in [2.45, 2.75) is 0 Å². The van der Waals surface area contributed by atoms with Crippen LogP contribution in [0.5, 0.6) is 0 Å². The number of anilines is 2. The van der Waals surface area contributed by atoms with Gasteiger partial charge in [-0.05, 0) is 23.8 Å². The molecule has 0 amide bonds. The molecule has 0 aliphatic rings. The Morgan fingerprint density at radius 1 is 1.00 bits per heavy atom. The Balaban J connectivity index is 2.49. The van der Waals surface area contributed by atoms with E-state index in [-0.39, 0.29) is 0 Å². The molecule has 4 N–H and O–H groups in total. The van der Waals surface area contributed by atoms with Crippen molar-refractivity contribution >= 4 is 11.5 Å². The second-order valence-corrected chi connectivity index (χ2v) is 3.35. The lowest BCUT2D eigenvalue weighted by atomic mass is 10.1. The molecule has 3 nitrogen and oxygen atoms in total. The van der Waals surface area contributed by atoms with E-state index in [0.717, 1.165) is 22.6 Å². The molecule has 0 fully saturated rings. The van der Waals surface area contributed by atoms with E-state index in [1.165, 1.54) is 0 Å². The zero-order chi connectivity index (χ0) is 10.1. The van der Waals surface area contributed by atoms with Gasteiger partial charge in [0.1, 0.15) is 5.82 Å². The second-order valence-electron chi connectivity index (χ2n) is 3.35. The number of aromatic nitrogens is 1. The summed E-state index contributed by atoms with van der Waals surface area (Å²) in [5.74, 6) is 0.773. The number of nitrogens with zero attached hydrogens (tertiary/aromatic N) is 1. The van der Waals surface area contributed by atoms with Crippen LogP contribution in [0.3, 0.4) is 0 Å². The van der Waals surface area contributed by atoms with Crippen molar-refractivity contribution in [3.8, 4) is 11.1 Å². The van der Waals surface area contributed by atoms with Gasteiger partial charge in [0, 0.05) is 24.5 Å². The Morgan fingerprint density at radius 2 is 1.64 bits per heavy atom. The fourth-order valence-electron chi connectivity index (χ4n) is 1.45. The van der Waals surface area contributed by atoms with E-state index in [1.54, 1.807) is 0 Å². The average Bonchev–Trinajstić information content (AvgIpc) is 2.50. The molecule has 0 bridgehead atoms. The molecule has 72 valence electrons. The van der Waals surface area contributed by atoms with Crippen molar-refractivity contribution < 1.29 is 0 Å². The lowest BCUT2D eigenvalue weighted by Crippen LogP contribution is -1.95. The van der Waals surface area contributed by atoms with Gasteiger partial charge in [-0.1, -0.05) is 12.1 Å². The number of benzene rings is 1. The molecule has 1 aromatic heterocycles. The van der Waals surface area contributed by atoms with Crippen LogP contribution in [0.1, 0.15) is 0 Å². The van der Waals surface area contributed by atoms with Crippen LogP contribution in [0, 0.1) is 0 Å². The third-order valence-electron chi connectivity index (χ3n) is 2.34. The Hall–Kier alpha value is -1.90. The van der Waals surface area contributed by atoms with Gasteiger partial charge in [-0.15, -0.1) is 0 Å². The minimum Gasteiger partial charge on any atom is -0.399 e. The highest BCUT2D eigenvalue weighted by molar-refractivity contribution is 5.75. The molecule has 0 unspecified atom stereocenters. The first-order chi connectivity index (χ1) is 6.68. The minimum absolute atomic E-state index is 0.767. The maximum atomic E-state index is 5.90. The molecular weight excluding hydrogens is 174 g/mol. The van der Waals surface area contributed by atoms with E-state index in [1.807, 2.05) is 48.1 Å². The first-order valence-corrected chi connectivity index (χ1v) is 4.45. The van der Waals surface area contributed by atoms with Crippen LogP contribution in [-0.2, 0) is 7.05 Å². The Bertz CT molecular complexity index is 440. The van der Waals surface area contributed by atoms with Crippen LogP contribution in [0.25, 0.3) is 11.1 Å². The zero-order valence-corrected chi connectivity index (χ0v) is 8.07. The second kappa shape index (κ2) is 3.10. The van der Waals surface area contributed by atoms with Crippen LogP contribution >= 0.6 is 0 Å². The summed E-state index contributed by atoms with van der Waals surface area (Å²) in [5, 5.41) is 0. The van der Waals surface area contributed by atoms with Gasteiger partial charge in [0.05, 0.1) is 0 Å². The molecule has 0 saturated heterocycles. The van der Waals surface area contributed by atoms with Crippen LogP contribution in [0.2, 0.25) is 0 Å². The Morgan fingerprint density at radius 3 is 2.14 bits per heavy atom. The quantitative estimate of drug-likeness (QED) is 0.669. The standard InChI is InChI=1S/C11H13N3/c1-14-7-6-10(11(14)13)8-2-4-9(12)5-3-8/h2-7H,12-13H2,1H3. The van der Waals surface area contributed by atoms with E-state index < -0.39 is 0 Å². The van der Waals surface area contributed by atoms with E-state index in [0.29, 0.717) is 0 Å². The van der Waals surface area contributed by atoms with Gasteiger partial charge in [0.15, 0.2) is 0 Å². The SMILES string of the molecule is Cn1ccc(-c2ccc(N)cc2)c1N. The zero-order valence-electron chi connectivity index (χ0n) is 8.07. The molecule has 0 saturated carbocycles. The highest BCUT2D eigenvalue weighted by Gasteiger charge is 2.04. The minimum atomic E-state index is 0.767. The van der Waals surface area contributed by atoms with Crippen LogP contribution in [-0.4, -0.2) is 4.57 Å². The molecule has 2 aromatic rings. The lowest BCUT2D eigenvalue weighted by Gasteiger charge is -2.02. The number of hydrogen-bond donors (Lipinski definition) is 2. The molecular formula is C11H13N3. The molecule has 0 aliphatic carbocycles. The normalized spacial score (nSPS) is 10.4. The third-order valence-corrected chi connectivity index (χ3v) is 2.34. The third kappa shape index (κ3) is 1.33. The van der Waals surface area contributed by atoms with Gasteiger partial charge < -0.3 is 16.0 Å². The molecule has 1 heterocycles. The molecule has 1 aromatic carbocycles. The van der Waals surface area contributed by atoms with E-state index in [9.17, 15) is 0 Å². The van der Waals surface area contributed by atoms with Gasteiger partial charge >= 0.3 is 0 Å². The monoisotopic (exact) mass is 187 g/mol. The summed E-state index contributed by atoms with van der Waals surface area (Å²) in [6.07, 6.45) is 1.95. The molecule has 0 spiro atoms. The van der Waals surface area contributed by atoms with Crippen LogP contribution in [0.15, 0.2) is 36.5 Å².